The third-order valence-electron chi connectivity index (χ3n) is 5.30. The molecule has 2 rings (SSSR count). The highest BCUT2D eigenvalue weighted by molar-refractivity contribution is 5.95. The van der Waals surface area contributed by atoms with Crippen molar-refractivity contribution < 1.29 is 14.3 Å². The van der Waals surface area contributed by atoms with Gasteiger partial charge in [0.25, 0.3) is 5.91 Å². The standard InChI is InChI=1S/C22H36N2O3/c1-5-7-13-26-18-10-9-17(15-19(18)27-14-8-6-2)21(25)24-12-11-20(23)22(3,4)16-24/h9-10,15,20H,5-8,11-14,16,23H2,1-4H3. The van der Waals surface area contributed by atoms with E-state index in [1.165, 1.54) is 0 Å². The predicted octanol–water partition coefficient (Wildman–Crippen LogP) is 4.24. The molecule has 1 aromatic carbocycles. The number of nitrogens with two attached hydrogens (primary N) is 1. The summed E-state index contributed by atoms with van der Waals surface area (Å²) < 4.78 is 11.8. The van der Waals surface area contributed by atoms with E-state index in [2.05, 4.69) is 27.7 Å². The van der Waals surface area contributed by atoms with Gasteiger partial charge in [-0.2, -0.15) is 0 Å². The molecule has 1 heterocycles. The number of hydrogen-bond donors (Lipinski definition) is 1. The molecular formula is C22H36N2O3. The maximum Gasteiger partial charge on any atom is 0.254 e. The molecule has 1 aliphatic rings. The fourth-order valence-corrected chi connectivity index (χ4v) is 3.26. The molecule has 0 bridgehead atoms. The fourth-order valence-electron chi connectivity index (χ4n) is 3.26. The first kappa shape index (κ1) is 21.5. The molecule has 0 aliphatic carbocycles. The van der Waals surface area contributed by atoms with Crippen LogP contribution < -0.4 is 15.2 Å². The van der Waals surface area contributed by atoms with E-state index < -0.39 is 0 Å². The van der Waals surface area contributed by atoms with E-state index in [9.17, 15) is 4.79 Å². The van der Waals surface area contributed by atoms with Crippen LogP contribution in [-0.4, -0.2) is 43.2 Å². The Morgan fingerprint density at radius 2 is 1.78 bits per heavy atom. The number of carbonyl (C=O) groups is 1. The molecule has 2 N–H and O–H groups in total. The SMILES string of the molecule is CCCCOc1ccc(C(=O)N2CCC(N)C(C)(C)C2)cc1OCCCC. The third kappa shape index (κ3) is 5.86. The van der Waals surface area contributed by atoms with Gasteiger partial charge in [-0.1, -0.05) is 40.5 Å². The van der Waals surface area contributed by atoms with Crippen molar-refractivity contribution >= 4 is 5.91 Å². The molecule has 27 heavy (non-hydrogen) atoms. The minimum atomic E-state index is -0.0719. The van der Waals surface area contributed by atoms with Gasteiger partial charge in [-0.05, 0) is 42.9 Å². The number of likely N-dealkylation sites (tertiary alicyclic amines) is 1. The summed E-state index contributed by atoms with van der Waals surface area (Å²) in [5.74, 6) is 1.42. The van der Waals surface area contributed by atoms with Crippen LogP contribution in [0.1, 0.15) is 70.2 Å². The Morgan fingerprint density at radius 1 is 1.15 bits per heavy atom. The van der Waals surface area contributed by atoms with Gasteiger partial charge < -0.3 is 20.1 Å². The van der Waals surface area contributed by atoms with Gasteiger partial charge in [0.05, 0.1) is 13.2 Å². The van der Waals surface area contributed by atoms with E-state index in [4.69, 9.17) is 15.2 Å². The summed E-state index contributed by atoms with van der Waals surface area (Å²) in [7, 11) is 0. The van der Waals surface area contributed by atoms with Crippen molar-refractivity contribution in [2.75, 3.05) is 26.3 Å². The number of amides is 1. The average Bonchev–Trinajstić information content (AvgIpc) is 2.64. The van der Waals surface area contributed by atoms with Gasteiger partial charge in [0.15, 0.2) is 11.5 Å². The topological polar surface area (TPSA) is 64.8 Å². The summed E-state index contributed by atoms with van der Waals surface area (Å²) in [4.78, 5) is 14.9. The first-order valence-corrected chi connectivity index (χ1v) is 10.3. The van der Waals surface area contributed by atoms with Gasteiger partial charge >= 0.3 is 0 Å². The first-order valence-electron chi connectivity index (χ1n) is 10.3. The van der Waals surface area contributed by atoms with Crippen LogP contribution in [0.2, 0.25) is 0 Å². The molecule has 0 radical (unpaired) electrons. The lowest BCUT2D eigenvalue weighted by molar-refractivity contribution is 0.0532. The molecule has 1 fully saturated rings. The van der Waals surface area contributed by atoms with E-state index in [-0.39, 0.29) is 17.4 Å². The smallest absolute Gasteiger partial charge is 0.254 e. The zero-order valence-corrected chi connectivity index (χ0v) is 17.4. The number of ether oxygens (including phenoxy) is 2. The second kappa shape index (κ2) is 9.98. The first-order chi connectivity index (χ1) is 12.9. The molecular weight excluding hydrogens is 340 g/mol. The molecule has 1 saturated heterocycles. The second-order valence-corrected chi connectivity index (χ2v) is 8.18. The quantitative estimate of drug-likeness (QED) is 0.655. The van der Waals surface area contributed by atoms with Gasteiger partial charge in [0.1, 0.15) is 0 Å². The van der Waals surface area contributed by atoms with Gasteiger partial charge in [-0.25, -0.2) is 0 Å². The van der Waals surface area contributed by atoms with Gasteiger partial charge in [-0.3, -0.25) is 4.79 Å². The number of hydrogen-bond acceptors (Lipinski definition) is 4. The summed E-state index contributed by atoms with van der Waals surface area (Å²) in [6.07, 6.45) is 4.95. The molecule has 1 atom stereocenters. The van der Waals surface area contributed by atoms with Gasteiger partial charge in [-0.15, -0.1) is 0 Å². The van der Waals surface area contributed by atoms with Crippen molar-refractivity contribution in [2.24, 2.45) is 11.1 Å². The van der Waals surface area contributed by atoms with Crippen molar-refractivity contribution in [1.82, 2.24) is 4.90 Å². The van der Waals surface area contributed by atoms with Crippen molar-refractivity contribution in [3.05, 3.63) is 23.8 Å². The zero-order valence-electron chi connectivity index (χ0n) is 17.4. The van der Waals surface area contributed by atoms with E-state index in [0.29, 0.717) is 37.6 Å². The Labute approximate surface area is 164 Å². The maximum absolute atomic E-state index is 13.0. The van der Waals surface area contributed by atoms with Crippen LogP contribution in [0.5, 0.6) is 11.5 Å². The Hall–Kier alpha value is -1.75. The monoisotopic (exact) mass is 376 g/mol. The predicted molar refractivity (Wildman–Crippen MR) is 110 cm³/mol. The highest BCUT2D eigenvalue weighted by atomic mass is 16.5. The number of piperidine rings is 1. The van der Waals surface area contributed by atoms with Crippen LogP contribution in [0, 0.1) is 5.41 Å². The maximum atomic E-state index is 13.0. The van der Waals surface area contributed by atoms with E-state index in [0.717, 1.165) is 37.9 Å². The summed E-state index contributed by atoms with van der Waals surface area (Å²) in [6, 6.07) is 5.67. The van der Waals surface area contributed by atoms with Gasteiger partial charge in [0.2, 0.25) is 0 Å². The third-order valence-corrected chi connectivity index (χ3v) is 5.30. The van der Waals surface area contributed by atoms with Crippen LogP contribution in [0.15, 0.2) is 18.2 Å². The molecule has 1 aliphatic heterocycles. The summed E-state index contributed by atoms with van der Waals surface area (Å²) in [5, 5.41) is 0. The minimum absolute atomic E-state index is 0.0374. The number of carbonyl (C=O) groups excluding carboxylic acids is 1. The van der Waals surface area contributed by atoms with E-state index >= 15 is 0 Å². The minimum Gasteiger partial charge on any atom is -0.490 e. The molecule has 1 aromatic rings. The second-order valence-electron chi connectivity index (χ2n) is 8.18. The van der Waals surface area contributed by atoms with Gasteiger partial charge in [0, 0.05) is 24.7 Å². The molecule has 0 aromatic heterocycles. The van der Waals surface area contributed by atoms with Crippen LogP contribution in [0.3, 0.4) is 0 Å². The average molecular weight is 377 g/mol. The molecule has 1 unspecified atom stereocenters. The Bertz CT molecular complexity index is 616. The molecule has 5 heteroatoms. The van der Waals surface area contributed by atoms with E-state index in [1.54, 1.807) is 0 Å². The summed E-state index contributed by atoms with van der Waals surface area (Å²) in [5.41, 5.74) is 6.79. The summed E-state index contributed by atoms with van der Waals surface area (Å²) in [6.45, 7) is 11.2. The lowest BCUT2D eigenvalue weighted by atomic mass is 9.79. The highest BCUT2D eigenvalue weighted by Gasteiger charge is 2.35. The number of benzene rings is 1. The van der Waals surface area contributed by atoms with Crippen molar-refractivity contribution in [1.29, 1.82) is 0 Å². The lowest BCUT2D eigenvalue weighted by Gasteiger charge is -2.42. The molecule has 1 amide bonds. The zero-order chi connectivity index (χ0) is 19.9. The number of unbranched alkanes of at least 4 members (excludes halogenated alkanes) is 2. The molecule has 152 valence electrons. The van der Waals surface area contributed by atoms with Crippen LogP contribution in [0.25, 0.3) is 0 Å². The molecule has 5 nitrogen and oxygen atoms in total. The molecule has 0 spiro atoms. The van der Waals surface area contributed by atoms with Crippen molar-refractivity contribution in [3.8, 4) is 11.5 Å². The lowest BCUT2D eigenvalue weighted by Crippen LogP contribution is -2.54. The fraction of sp³-hybridized carbons (Fsp3) is 0.682. The Morgan fingerprint density at radius 3 is 2.37 bits per heavy atom. The molecule has 0 saturated carbocycles. The normalized spacial score (nSPS) is 19.0. The number of rotatable bonds is 9. The highest BCUT2D eigenvalue weighted by Crippen LogP contribution is 2.32. The number of nitrogens with zero attached hydrogens (tertiary/aromatic N) is 1. The largest absolute Gasteiger partial charge is 0.490 e. The Kier molecular flexibility index (Phi) is 7.96. The Balaban J connectivity index is 2.15. The van der Waals surface area contributed by atoms with Crippen LogP contribution in [0.4, 0.5) is 0 Å². The van der Waals surface area contributed by atoms with Crippen LogP contribution in [-0.2, 0) is 0 Å². The van der Waals surface area contributed by atoms with E-state index in [1.807, 2.05) is 23.1 Å². The summed E-state index contributed by atoms with van der Waals surface area (Å²) >= 11 is 0. The van der Waals surface area contributed by atoms with Crippen molar-refractivity contribution in [3.63, 3.8) is 0 Å². The van der Waals surface area contributed by atoms with Crippen molar-refractivity contribution in [2.45, 2.75) is 65.8 Å². The van der Waals surface area contributed by atoms with Crippen LogP contribution >= 0.6 is 0 Å².